The molecule has 2 amide bonds. The predicted octanol–water partition coefficient (Wildman–Crippen LogP) is 1.19. The molecule has 0 aliphatic rings. The number of nitrogens with zero attached hydrogens (tertiary/aromatic N) is 3. The predicted molar refractivity (Wildman–Crippen MR) is 116 cm³/mol. The molecule has 0 radical (unpaired) electrons. The van der Waals surface area contributed by atoms with E-state index in [0.29, 0.717) is 21.5 Å². The van der Waals surface area contributed by atoms with Crippen molar-refractivity contribution in [3.8, 4) is 0 Å². The normalized spacial score (nSPS) is 12.2. The number of fused-ring (bicyclic) bond motifs is 1. The van der Waals surface area contributed by atoms with Crippen molar-refractivity contribution in [2.75, 3.05) is 23.4 Å². The molecule has 32 heavy (non-hydrogen) atoms. The molecule has 170 valence electrons. The van der Waals surface area contributed by atoms with E-state index in [9.17, 15) is 22.8 Å². The van der Waals surface area contributed by atoms with Crippen LogP contribution in [-0.4, -0.2) is 54.0 Å². The molecule has 0 aliphatic heterocycles. The molecule has 0 atom stereocenters. The third-order valence-electron chi connectivity index (χ3n) is 4.13. The number of carbonyl (C=O) groups is 3. The summed E-state index contributed by atoms with van der Waals surface area (Å²) in [5, 5.41) is 5.83. The summed E-state index contributed by atoms with van der Waals surface area (Å²) in [4.78, 5) is 40.2. The van der Waals surface area contributed by atoms with Gasteiger partial charge in [0.2, 0.25) is 5.91 Å². The Morgan fingerprint density at radius 1 is 1.25 bits per heavy atom. The zero-order valence-corrected chi connectivity index (χ0v) is 19.1. The van der Waals surface area contributed by atoms with Gasteiger partial charge in [-0.15, -0.1) is 0 Å². The van der Waals surface area contributed by atoms with E-state index in [4.69, 9.17) is 9.26 Å². The number of aryl methyl sites for hydroxylation is 2. The number of ether oxygens (including phenoxy) is 1. The van der Waals surface area contributed by atoms with Crippen molar-refractivity contribution in [1.29, 1.82) is 0 Å². The van der Waals surface area contributed by atoms with E-state index >= 15 is 0 Å². The average molecular weight is 481 g/mol. The molecule has 0 saturated carbocycles. The number of hydrogen-bond acceptors (Lipinski definition) is 9. The maximum atomic E-state index is 12.3. The number of amides is 2. The standard InChI is InChI=1S/C19H20N4O7S2/c1-4-29-18(26)12-5-6-13-14(8-12)31-19(23(13)3)21-17(25)10-32(27,28)9-16(24)20-15-7-11(2)30-22-15/h5-8H,4,9-10H2,1-3H3,(H,20,22,24). The Morgan fingerprint density at radius 2 is 2.00 bits per heavy atom. The molecular weight excluding hydrogens is 460 g/mol. The van der Waals surface area contributed by atoms with E-state index in [1.165, 1.54) is 6.07 Å². The summed E-state index contributed by atoms with van der Waals surface area (Å²) in [7, 11) is -2.40. The lowest BCUT2D eigenvalue weighted by atomic mass is 10.2. The van der Waals surface area contributed by atoms with Gasteiger partial charge in [-0.05, 0) is 32.0 Å². The van der Waals surface area contributed by atoms with Gasteiger partial charge in [-0.2, -0.15) is 4.99 Å². The Labute approximate surface area is 186 Å². The molecular formula is C19H20N4O7S2. The van der Waals surface area contributed by atoms with Gasteiger partial charge in [0.15, 0.2) is 20.5 Å². The number of benzene rings is 1. The molecule has 1 N–H and O–H groups in total. The van der Waals surface area contributed by atoms with Crippen LogP contribution >= 0.6 is 11.3 Å². The maximum absolute atomic E-state index is 12.3. The number of esters is 1. The highest BCUT2D eigenvalue weighted by atomic mass is 32.2. The van der Waals surface area contributed by atoms with Crippen molar-refractivity contribution in [1.82, 2.24) is 9.72 Å². The molecule has 13 heteroatoms. The molecule has 0 fully saturated rings. The topological polar surface area (TPSA) is 150 Å². The minimum atomic E-state index is -4.06. The second kappa shape index (κ2) is 9.44. The van der Waals surface area contributed by atoms with E-state index in [-0.39, 0.29) is 17.2 Å². The van der Waals surface area contributed by atoms with Crippen LogP contribution in [-0.2, 0) is 31.2 Å². The third-order valence-corrected chi connectivity index (χ3v) is 6.61. The first-order valence-corrected chi connectivity index (χ1v) is 12.0. The number of nitrogens with one attached hydrogen (secondary N) is 1. The zero-order valence-electron chi connectivity index (χ0n) is 17.4. The SMILES string of the molecule is CCOC(=O)c1ccc2c(c1)sc(=NC(=O)CS(=O)(=O)CC(=O)Nc1cc(C)on1)n2C. The van der Waals surface area contributed by atoms with E-state index in [0.717, 1.165) is 11.3 Å². The van der Waals surface area contributed by atoms with Gasteiger partial charge in [-0.25, -0.2) is 13.2 Å². The highest BCUT2D eigenvalue weighted by Crippen LogP contribution is 2.19. The monoisotopic (exact) mass is 480 g/mol. The lowest BCUT2D eigenvalue weighted by Crippen LogP contribution is -2.28. The van der Waals surface area contributed by atoms with Crippen LogP contribution in [0.4, 0.5) is 5.82 Å². The quantitative estimate of drug-likeness (QED) is 0.496. The second-order valence-corrected chi connectivity index (χ2v) is 9.83. The molecule has 11 nitrogen and oxygen atoms in total. The summed E-state index contributed by atoms with van der Waals surface area (Å²) < 4.78 is 36.5. The molecule has 3 aromatic rings. The molecule has 2 heterocycles. The molecule has 3 rings (SSSR count). The van der Waals surface area contributed by atoms with Crippen molar-refractivity contribution in [2.24, 2.45) is 12.0 Å². The first kappa shape index (κ1) is 23.3. The second-order valence-electron chi connectivity index (χ2n) is 6.76. The van der Waals surface area contributed by atoms with Crippen molar-refractivity contribution >= 4 is 55.0 Å². The van der Waals surface area contributed by atoms with Gasteiger partial charge in [0.05, 0.1) is 22.4 Å². The van der Waals surface area contributed by atoms with Crippen molar-refractivity contribution in [3.63, 3.8) is 0 Å². The highest BCUT2D eigenvalue weighted by molar-refractivity contribution is 7.92. The molecule has 2 aromatic heterocycles. The van der Waals surface area contributed by atoms with Gasteiger partial charge >= 0.3 is 5.97 Å². The average Bonchev–Trinajstić information content (AvgIpc) is 3.23. The fourth-order valence-electron chi connectivity index (χ4n) is 2.76. The summed E-state index contributed by atoms with van der Waals surface area (Å²) in [6.45, 7) is 3.57. The zero-order chi connectivity index (χ0) is 23.5. The largest absolute Gasteiger partial charge is 0.462 e. The van der Waals surface area contributed by atoms with Crippen molar-refractivity contribution in [2.45, 2.75) is 13.8 Å². The van der Waals surface area contributed by atoms with E-state index < -0.39 is 39.1 Å². The minimum Gasteiger partial charge on any atom is -0.462 e. The number of anilines is 1. The Morgan fingerprint density at radius 3 is 2.66 bits per heavy atom. The van der Waals surface area contributed by atoms with Gasteiger partial charge in [-0.3, -0.25) is 9.59 Å². The lowest BCUT2D eigenvalue weighted by Gasteiger charge is -2.02. The molecule has 0 unspecified atom stereocenters. The van der Waals surface area contributed by atoms with Crippen LogP contribution < -0.4 is 10.1 Å². The number of thiazole rings is 1. The summed E-state index contributed by atoms with van der Waals surface area (Å²) in [5.74, 6) is -3.53. The van der Waals surface area contributed by atoms with Gasteiger partial charge in [0.1, 0.15) is 17.3 Å². The number of hydrogen-bond donors (Lipinski definition) is 1. The number of sulfone groups is 1. The van der Waals surface area contributed by atoms with Crippen LogP contribution in [0.15, 0.2) is 33.8 Å². The summed E-state index contributed by atoms with van der Waals surface area (Å²) in [6, 6.07) is 6.33. The van der Waals surface area contributed by atoms with Crippen LogP contribution in [0.3, 0.4) is 0 Å². The fourth-order valence-corrected chi connectivity index (χ4v) is 4.85. The first-order valence-electron chi connectivity index (χ1n) is 9.36. The number of aromatic nitrogens is 2. The fraction of sp³-hybridized carbons (Fsp3) is 0.316. The maximum Gasteiger partial charge on any atom is 0.338 e. The molecule has 1 aromatic carbocycles. The Hall–Kier alpha value is -3.32. The molecule has 0 bridgehead atoms. The van der Waals surface area contributed by atoms with Crippen LogP contribution in [0.25, 0.3) is 10.2 Å². The smallest absolute Gasteiger partial charge is 0.338 e. The summed E-state index contributed by atoms with van der Waals surface area (Å²) >= 11 is 1.12. The van der Waals surface area contributed by atoms with Gasteiger partial charge < -0.3 is 19.1 Å². The van der Waals surface area contributed by atoms with E-state index in [2.05, 4.69) is 15.5 Å². The molecule has 0 saturated heterocycles. The number of rotatable bonds is 7. The van der Waals surface area contributed by atoms with Gasteiger partial charge in [0.25, 0.3) is 5.91 Å². The van der Waals surface area contributed by atoms with E-state index in [1.54, 1.807) is 43.7 Å². The van der Waals surface area contributed by atoms with Gasteiger partial charge in [-0.1, -0.05) is 16.5 Å². The first-order chi connectivity index (χ1) is 15.1. The summed E-state index contributed by atoms with van der Waals surface area (Å²) in [5.41, 5.74) is 1.06. The van der Waals surface area contributed by atoms with Crippen LogP contribution in [0, 0.1) is 6.92 Å². The Bertz CT molecular complexity index is 1370. The van der Waals surface area contributed by atoms with Crippen molar-refractivity contribution < 1.29 is 32.1 Å². The molecule has 0 spiro atoms. The van der Waals surface area contributed by atoms with Crippen LogP contribution in [0.5, 0.6) is 0 Å². The minimum absolute atomic E-state index is 0.0817. The van der Waals surface area contributed by atoms with Crippen molar-refractivity contribution in [3.05, 3.63) is 40.4 Å². The van der Waals surface area contributed by atoms with Crippen LogP contribution in [0.1, 0.15) is 23.0 Å². The highest BCUT2D eigenvalue weighted by Gasteiger charge is 2.22. The van der Waals surface area contributed by atoms with Crippen LogP contribution in [0.2, 0.25) is 0 Å². The van der Waals surface area contributed by atoms with E-state index in [1.807, 2.05) is 0 Å². The number of carbonyl (C=O) groups excluding carboxylic acids is 3. The molecule has 0 aliphatic carbocycles. The lowest BCUT2D eigenvalue weighted by molar-refractivity contribution is -0.115. The van der Waals surface area contributed by atoms with Gasteiger partial charge in [0, 0.05) is 13.1 Å². The summed E-state index contributed by atoms with van der Waals surface area (Å²) in [6.07, 6.45) is 0. The Kier molecular flexibility index (Phi) is 6.89. The Balaban J connectivity index is 1.74. The third kappa shape index (κ3) is 5.68.